The number of hydrogen-bond acceptors (Lipinski definition) is 4. The van der Waals surface area contributed by atoms with E-state index in [2.05, 4.69) is 11.9 Å². The number of likely N-dealkylation sites (tertiary alicyclic amines) is 1. The summed E-state index contributed by atoms with van der Waals surface area (Å²) >= 11 is 0. The molecule has 4 nitrogen and oxygen atoms in total. The molecule has 18 heavy (non-hydrogen) atoms. The van der Waals surface area contributed by atoms with E-state index in [-0.39, 0.29) is 11.7 Å². The normalized spacial score (nSPS) is 17.7. The maximum Gasteiger partial charge on any atom is 0.168 e. The number of ether oxygens (including phenoxy) is 1. The van der Waals surface area contributed by atoms with Crippen LogP contribution in [0, 0.1) is 5.92 Å². The van der Waals surface area contributed by atoms with Gasteiger partial charge in [0.15, 0.2) is 5.78 Å². The van der Waals surface area contributed by atoms with E-state index in [0.29, 0.717) is 17.0 Å². The summed E-state index contributed by atoms with van der Waals surface area (Å²) in [4.78, 5) is 14.7. The number of anilines is 1. The third kappa shape index (κ3) is 2.64. The first-order valence-corrected chi connectivity index (χ1v) is 6.28. The molecule has 0 atom stereocenters. The van der Waals surface area contributed by atoms with E-state index >= 15 is 0 Å². The smallest absolute Gasteiger partial charge is 0.168 e. The van der Waals surface area contributed by atoms with E-state index in [0.717, 1.165) is 25.9 Å². The number of nitrogens with two attached hydrogens (primary N) is 1. The van der Waals surface area contributed by atoms with Crippen molar-refractivity contribution in [1.29, 1.82) is 0 Å². The van der Waals surface area contributed by atoms with Gasteiger partial charge in [0.2, 0.25) is 0 Å². The molecule has 1 saturated heterocycles. The van der Waals surface area contributed by atoms with E-state index in [1.54, 1.807) is 25.3 Å². The van der Waals surface area contributed by atoms with Gasteiger partial charge in [-0.1, -0.05) is 0 Å². The highest BCUT2D eigenvalue weighted by Gasteiger charge is 2.25. The van der Waals surface area contributed by atoms with Crippen molar-refractivity contribution in [2.75, 3.05) is 33.0 Å². The van der Waals surface area contributed by atoms with E-state index in [4.69, 9.17) is 10.5 Å². The number of methoxy groups -OCH3 is 1. The van der Waals surface area contributed by atoms with Gasteiger partial charge in [-0.25, -0.2) is 0 Å². The third-order valence-electron chi connectivity index (χ3n) is 3.62. The zero-order valence-electron chi connectivity index (χ0n) is 11.0. The SMILES string of the molecule is COc1ccc(N)c(C(=O)C2CCN(C)CC2)c1. The second kappa shape index (κ2) is 5.40. The van der Waals surface area contributed by atoms with Gasteiger partial charge >= 0.3 is 0 Å². The van der Waals surface area contributed by atoms with Gasteiger partial charge in [-0.15, -0.1) is 0 Å². The zero-order chi connectivity index (χ0) is 13.1. The van der Waals surface area contributed by atoms with Crippen LogP contribution in [0.4, 0.5) is 5.69 Å². The van der Waals surface area contributed by atoms with Gasteiger partial charge in [0, 0.05) is 17.2 Å². The average Bonchev–Trinajstić information content (AvgIpc) is 2.39. The van der Waals surface area contributed by atoms with Crippen molar-refractivity contribution in [1.82, 2.24) is 4.90 Å². The molecule has 1 heterocycles. The molecule has 4 heteroatoms. The van der Waals surface area contributed by atoms with Crippen LogP contribution in [0.1, 0.15) is 23.2 Å². The van der Waals surface area contributed by atoms with Crippen LogP contribution >= 0.6 is 0 Å². The summed E-state index contributed by atoms with van der Waals surface area (Å²) in [7, 11) is 3.68. The minimum Gasteiger partial charge on any atom is -0.497 e. The van der Waals surface area contributed by atoms with Crippen LogP contribution in [0.3, 0.4) is 0 Å². The monoisotopic (exact) mass is 248 g/mol. The zero-order valence-corrected chi connectivity index (χ0v) is 11.0. The van der Waals surface area contributed by atoms with Crippen molar-refractivity contribution >= 4 is 11.5 Å². The predicted octanol–water partition coefficient (Wildman–Crippen LogP) is 1.80. The Labute approximate surface area is 108 Å². The van der Waals surface area contributed by atoms with Gasteiger partial charge in [-0.3, -0.25) is 4.79 Å². The highest BCUT2D eigenvalue weighted by Crippen LogP contribution is 2.26. The van der Waals surface area contributed by atoms with Crippen LogP contribution in [0.25, 0.3) is 0 Å². The number of carbonyl (C=O) groups excluding carboxylic acids is 1. The molecule has 0 radical (unpaired) electrons. The van der Waals surface area contributed by atoms with Crippen LogP contribution in [0.5, 0.6) is 5.75 Å². The minimum absolute atomic E-state index is 0.0932. The van der Waals surface area contributed by atoms with E-state index in [9.17, 15) is 4.79 Å². The molecule has 1 fully saturated rings. The fourth-order valence-corrected chi connectivity index (χ4v) is 2.37. The van der Waals surface area contributed by atoms with Gasteiger partial charge in [0.25, 0.3) is 0 Å². The Morgan fingerprint density at radius 1 is 1.39 bits per heavy atom. The van der Waals surface area contributed by atoms with Gasteiger partial charge in [0.05, 0.1) is 7.11 Å². The van der Waals surface area contributed by atoms with Crippen molar-refractivity contribution in [3.05, 3.63) is 23.8 Å². The van der Waals surface area contributed by atoms with E-state index in [1.807, 2.05) is 0 Å². The van der Waals surface area contributed by atoms with Gasteiger partial charge in [-0.2, -0.15) is 0 Å². The number of carbonyl (C=O) groups is 1. The summed E-state index contributed by atoms with van der Waals surface area (Å²) in [6, 6.07) is 5.26. The lowest BCUT2D eigenvalue weighted by atomic mass is 9.88. The van der Waals surface area contributed by atoms with Crippen LogP contribution < -0.4 is 10.5 Å². The molecule has 1 aromatic rings. The number of Topliss-reactive ketones (excluding diaryl/α,β-unsaturated/α-hetero) is 1. The average molecular weight is 248 g/mol. The van der Waals surface area contributed by atoms with E-state index in [1.165, 1.54) is 0 Å². The number of piperidine rings is 1. The van der Waals surface area contributed by atoms with Crippen molar-refractivity contribution in [2.45, 2.75) is 12.8 Å². The Bertz CT molecular complexity index is 437. The summed E-state index contributed by atoms with van der Waals surface area (Å²) in [5.41, 5.74) is 7.03. The highest BCUT2D eigenvalue weighted by molar-refractivity contribution is 6.02. The molecule has 2 rings (SSSR count). The maximum atomic E-state index is 12.4. The fourth-order valence-electron chi connectivity index (χ4n) is 2.37. The first-order valence-electron chi connectivity index (χ1n) is 6.28. The Balaban J connectivity index is 2.17. The summed E-state index contributed by atoms with van der Waals surface area (Å²) < 4.78 is 5.15. The number of ketones is 1. The molecule has 1 aromatic carbocycles. The standard InChI is InChI=1S/C14H20N2O2/c1-16-7-5-10(6-8-16)14(17)12-9-11(18-2)3-4-13(12)15/h3-4,9-10H,5-8,15H2,1-2H3. The first kappa shape index (κ1) is 12.9. The maximum absolute atomic E-state index is 12.4. The van der Waals surface area contributed by atoms with Crippen molar-refractivity contribution < 1.29 is 9.53 Å². The van der Waals surface area contributed by atoms with Gasteiger partial charge in [0.1, 0.15) is 5.75 Å². The second-order valence-corrected chi connectivity index (χ2v) is 4.89. The van der Waals surface area contributed by atoms with Crippen LogP contribution in [-0.4, -0.2) is 37.9 Å². The van der Waals surface area contributed by atoms with E-state index < -0.39 is 0 Å². The quantitative estimate of drug-likeness (QED) is 0.654. The molecular weight excluding hydrogens is 228 g/mol. The summed E-state index contributed by atoms with van der Waals surface area (Å²) in [6.07, 6.45) is 1.82. The summed E-state index contributed by atoms with van der Waals surface area (Å²) in [5, 5.41) is 0. The van der Waals surface area contributed by atoms with Gasteiger partial charge in [-0.05, 0) is 51.2 Å². The molecule has 0 bridgehead atoms. The molecule has 0 aromatic heterocycles. The predicted molar refractivity (Wildman–Crippen MR) is 72.0 cm³/mol. The van der Waals surface area contributed by atoms with Crippen molar-refractivity contribution in [3.8, 4) is 5.75 Å². The van der Waals surface area contributed by atoms with Gasteiger partial charge < -0.3 is 15.4 Å². The molecule has 1 aliphatic rings. The molecule has 1 aliphatic heterocycles. The molecule has 0 saturated carbocycles. The number of benzene rings is 1. The molecule has 0 amide bonds. The number of rotatable bonds is 3. The number of hydrogen-bond donors (Lipinski definition) is 1. The minimum atomic E-state index is 0.0932. The molecule has 2 N–H and O–H groups in total. The van der Waals surface area contributed by atoms with Crippen LogP contribution in [0.2, 0.25) is 0 Å². The largest absolute Gasteiger partial charge is 0.497 e. The fraction of sp³-hybridized carbons (Fsp3) is 0.500. The number of nitrogens with zero attached hydrogens (tertiary/aromatic N) is 1. The lowest BCUT2D eigenvalue weighted by molar-refractivity contribution is 0.0857. The second-order valence-electron chi connectivity index (χ2n) is 4.89. The molecule has 98 valence electrons. The lowest BCUT2D eigenvalue weighted by Gasteiger charge is -2.28. The summed E-state index contributed by atoms with van der Waals surface area (Å²) in [5.74, 6) is 0.926. The molecule has 0 aliphatic carbocycles. The molecule has 0 spiro atoms. The Morgan fingerprint density at radius 2 is 2.06 bits per heavy atom. The molecule has 0 unspecified atom stereocenters. The number of nitrogen functional groups attached to an aromatic ring is 1. The van der Waals surface area contributed by atoms with Crippen molar-refractivity contribution in [3.63, 3.8) is 0 Å². The Morgan fingerprint density at radius 3 is 2.67 bits per heavy atom. The summed E-state index contributed by atoms with van der Waals surface area (Å²) in [6.45, 7) is 1.94. The van der Waals surface area contributed by atoms with Crippen LogP contribution in [-0.2, 0) is 0 Å². The van der Waals surface area contributed by atoms with Crippen molar-refractivity contribution in [2.24, 2.45) is 5.92 Å². The topological polar surface area (TPSA) is 55.6 Å². The lowest BCUT2D eigenvalue weighted by Crippen LogP contribution is -2.33. The third-order valence-corrected chi connectivity index (χ3v) is 3.62. The van der Waals surface area contributed by atoms with Crippen LogP contribution in [0.15, 0.2) is 18.2 Å². The Hall–Kier alpha value is -1.55. The molecular formula is C14H20N2O2. The highest BCUT2D eigenvalue weighted by atomic mass is 16.5. The first-order chi connectivity index (χ1) is 8.61. The Kier molecular flexibility index (Phi) is 3.87.